The minimum absolute atomic E-state index is 0.710. The Bertz CT molecular complexity index is 1160. The van der Waals surface area contributed by atoms with Gasteiger partial charge in [-0.15, -0.1) is 0 Å². The van der Waals surface area contributed by atoms with Crippen molar-refractivity contribution in [1.29, 1.82) is 0 Å². The lowest BCUT2D eigenvalue weighted by molar-refractivity contribution is -0.660. The highest BCUT2D eigenvalue weighted by molar-refractivity contribution is 6.11. The molecule has 2 heteroatoms. The van der Waals surface area contributed by atoms with Gasteiger partial charge in [-0.25, -0.2) is 4.57 Å². The molecular weight excluding hydrogens is 330 g/mol. The van der Waals surface area contributed by atoms with E-state index in [0.29, 0.717) is 5.92 Å². The normalized spacial score (nSPS) is 15.2. The molecule has 0 radical (unpaired) electrons. The highest BCUT2D eigenvalue weighted by Gasteiger charge is 2.25. The number of nitrogens with zero attached hydrogens (tertiary/aromatic N) is 1. The third-order valence-electron chi connectivity index (χ3n) is 6.30. The molecule has 5 rings (SSSR count). The summed E-state index contributed by atoms with van der Waals surface area (Å²) in [7, 11) is 2.14. The van der Waals surface area contributed by atoms with Gasteiger partial charge < -0.3 is 4.42 Å². The first-order chi connectivity index (χ1) is 13.1. The molecule has 136 valence electrons. The lowest BCUT2D eigenvalue weighted by atomic mass is 9.93. The van der Waals surface area contributed by atoms with E-state index in [2.05, 4.69) is 68.1 Å². The Hall–Kier alpha value is -2.61. The van der Waals surface area contributed by atoms with Gasteiger partial charge in [0.2, 0.25) is 5.69 Å². The fraction of sp³-hybridized carbons (Fsp3) is 0.320. The van der Waals surface area contributed by atoms with Crippen LogP contribution in [0.1, 0.15) is 48.3 Å². The molecule has 2 heterocycles. The molecule has 0 amide bonds. The number of rotatable bonds is 2. The van der Waals surface area contributed by atoms with Crippen LogP contribution in [0.4, 0.5) is 0 Å². The smallest absolute Gasteiger partial charge is 0.216 e. The summed E-state index contributed by atoms with van der Waals surface area (Å²) in [6.07, 6.45) is 7.58. The highest BCUT2D eigenvalue weighted by Crippen LogP contribution is 2.40. The standard InChI is InChI=1S/C25H26NO/c1-16-14-17(2)24(25-23(16)20-10-6-7-11-22(20)27-25)21-15-19(12-13-26(21)3)18-8-4-5-9-18/h6-7,10-15,18H,4-5,8-9H2,1-3H3/q+1. The summed E-state index contributed by atoms with van der Waals surface area (Å²) in [5.41, 5.74) is 8.51. The van der Waals surface area contributed by atoms with Crippen LogP contribution >= 0.6 is 0 Å². The summed E-state index contributed by atoms with van der Waals surface area (Å²) in [6.45, 7) is 4.40. The number of pyridine rings is 1. The van der Waals surface area contributed by atoms with Crippen molar-refractivity contribution >= 4 is 21.9 Å². The molecule has 0 atom stereocenters. The Morgan fingerprint density at radius 2 is 1.74 bits per heavy atom. The molecule has 0 N–H and O–H groups in total. The van der Waals surface area contributed by atoms with E-state index >= 15 is 0 Å². The zero-order chi connectivity index (χ0) is 18.5. The molecule has 0 bridgehead atoms. The Morgan fingerprint density at radius 1 is 0.963 bits per heavy atom. The largest absolute Gasteiger partial charge is 0.455 e. The molecule has 4 aromatic rings. The molecule has 2 aromatic heterocycles. The van der Waals surface area contributed by atoms with Gasteiger partial charge in [-0.2, -0.15) is 0 Å². The lowest BCUT2D eigenvalue weighted by Crippen LogP contribution is -2.31. The van der Waals surface area contributed by atoms with E-state index in [-0.39, 0.29) is 0 Å². The van der Waals surface area contributed by atoms with E-state index in [1.54, 1.807) is 0 Å². The number of para-hydroxylation sites is 1. The van der Waals surface area contributed by atoms with Crippen LogP contribution in [-0.4, -0.2) is 0 Å². The topological polar surface area (TPSA) is 17.0 Å². The summed E-state index contributed by atoms with van der Waals surface area (Å²) in [5, 5.41) is 2.46. The van der Waals surface area contributed by atoms with Gasteiger partial charge in [-0.05, 0) is 55.4 Å². The van der Waals surface area contributed by atoms with E-state index in [0.717, 1.165) is 11.2 Å². The Labute approximate surface area is 160 Å². The number of benzene rings is 2. The van der Waals surface area contributed by atoms with Crippen LogP contribution in [-0.2, 0) is 7.05 Å². The summed E-state index contributed by atoms with van der Waals surface area (Å²) in [6, 6.07) is 15.4. The summed E-state index contributed by atoms with van der Waals surface area (Å²) < 4.78 is 8.65. The third kappa shape index (κ3) is 2.58. The van der Waals surface area contributed by atoms with Crippen LogP contribution < -0.4 is 4.57 Å². The summed E-state index contributed by atoms with van der Waals surface area (Å²) >= 11 is 0. The molecular formula is C25H26NO+. The van der Waals surface area contributed by atoms with E-state index in [9.17, 15) is 0 Å². The van der Waals surface area contributed by atoms with E-state index in [4.69, 9.17) is 4.42 Å². The maximum atomic E-state index is 6.41. The second-order valence-electron chi connectivity index (χ2n) is 8.13. The zero-order valence-electron chi connectivity index (χ0n) is 16.4. The van der Waals surface area contributed by atoms with Gasteiger partial charge in [-0.3, -0.25) is 0 Å². The van der Waals surface area contributed by atoms with Gasteiger partial charge in [0, 0.05) is 22.9 Å². The van der Waals surface area contributed by atoms with Crippen LogP contribution in [0, 0.1) is 13.8 Å². The second-order valence-corrected chi connectivity index (χ2v) is 8.13. The average Bonchev–Trinajstić information content (AvgIpc) is 3.30. The molecule has 0 aliphatic heterocycles. The fourth-order valence-corrected chi connectivity index (χ4v) is 4.93. The van der Waals surface area contributed by atoms with Gasteiger partial charge in [0.05, 0.1) is 5.56 Å². The zero-order valence-corrected chi connectivity index (χ0v) is 16.4. The Balaban J connectivity index is 1.81. The first kappa shape index (κ1) is 16.6. The van der Waals surface area contributed by atoms with Crippen molar-refractivity contribution in [2.45, 2.75) is 45.4 Å². The molecule has 0 spiro atoms. The molecule has 0 saturated heterocycles. The molecule has 1 saturated carbocycles. The van der Waals surface area contributed by atoms with Crippen molar-refractivity contribution in [3.8, 4) is 11.3 Å². The van der Waals surface area contributed by atoms with Crippen molar-refractivity contribution in [3.63, 3.8) is 0 Å². The average molecular weight is 356 g/mol. The molecule has 2 nitrogen and oxygen atoms in total. The quantitative estimate of drug-likeness (QED) is 0.382. The third-order valence-corrected chi connectivity index (χ3v) is 6.30. The van der Waals surface area contributed by atoms with Gasteiger partial charge in [0.1, 0.15) is 18.2 Å². The Kier molecular flexibility index (Phi) is 3.82. The number of fused-ring (bicyclic) bond motifs is 3. The SMILES string of the molecule is Cc1cc(C)c2c(oc3ccccc32)c1-c1cc(C2CCCC2)cc[n+]1C. The van der Waals surface area contributed by atoms with Crippen molar-refractivity contribution < 1.29 is 8.98 Å². The monoisotopic (exact) mass is 356 g/mol. The van der Waals surface area contributed by atoms with Gasteiger partial charge in [-0.1, -0.05) is 37.1 Å². The number of furan rings is 1. The first-order valence-electron chi connectivity index (χ1n) is 10.0. The second kappa shape index (κ2) is 6.23. The molecule has 2 aromatic carbocycles. The lowest BCUT2D eigenvalue weighted by Gasteiger charge is -2.12. The predicted octanol–water partition coefficient (Wildman–Crippen LogP) is 6.35. The molecule has 0 unspecified atom stereocenters. The molecule has 27 heavy (non-hydrogen) atoms. The van der Waals surface area contributed by atoms with E-state index in [1.807, 2.05) is 6.07 Å². The minimum atomic E-state index is 0.710. The highest BCUT2D eigenvalue weighted by atomic mass is 16.3. The van der Waals surface area contributed by atoms with Crippen LogP contribution in [0.15, 0.2) is 53.1 Å². The van der Waals surface area contributed by atoms with Crippen LogP contribution in [0.3, 0.4) is 0 Å². The number of hydrogen-bond acceptors (Lipinski definition) is 1. The minimum Gasteiger partial charge on any atom is -0.455 e. The molecule has 1 aliphatic rings. The fourth-order valence-electron chi connectivity index (χ4n) is 4.93. The van der Waals surface area contributed by atoms with Crippen molar-refractivity contribution in [1.82, 2.24) is 0 Å². The molecule has 1 aliphatic carbocycles. The van der Waals surface area contributed by atoms with Gasteiger partial charge >= 0.3 is 0 Å². The number of aryl methyl sites for hydroxylation is 3. The maximum Gasteiger partial charge on any atom is 0.216 e. The van der Waals surface area contributed by atoms with Crippen LogP contribution in [0.5, 0.6) is 0 Å². The van der Waals surface area contributed by atoms with Gasteiger partial charge in [0.15, 0.2) is 6.20 Å². The van der Waals surface area contributed by atoms with Gasteiger partial charge in [0.25, 0.3) is 0 Å². The predicted molar refractivity (Wildman–Crippen MR) is 111 cm³/mol. The number of hydrogen-bond donors (Lipinski definition) is 0. The van der Waals surface area contributed by atoms with Crippen molar-refractivity contribution in [3.05, 3.63) is 65.4 Å². The molecule has 1 fully saturated rings. The van der Waals surface area contributed by atoms with Crippen LogP contribution in [0.25, 0.3) is 33.2 Å². The summed E-state index contributed by atoms with van der Waals surface area (Å²) in [5.74, 6) is 0.710. The van der Waals surface area contributed by atoms with Crippen LogP contribution in [0.2, 0.25) is 0 Å². The van der Waals surface area contributed by atoms with Crippen molar-refractivity contribution in [2.75, 3.05) is 0 Å². The van der Waals surface area contributed by atoms with E-state index < -0.39 is 0 Å². The summed E-state index contributed by atoms with van der Waals surface area (Å²) in [4.78, 5) is 0. The number of aromatic nitrogens is 1. The van der Waals surface area contributed by atoms with E-state index in [1.165, 1.54) is 64.4 Å². The first-order valence-corrected chi connectivity index (χ1v) is 10.0. The van der Waals surface area contributed by atoms with Crippen molar-refractivity contribution in [2.24, 2.45) is 7.05 Å². The Morgan fingerprint density at radius 3 is 2.56 bits per heavy atom. The maximum absolute atomic E-state index is 6.41.